The summed E-state index contributed by atoms with van der Waals surface area (Å²) in [4.78, 5) is 2.38. The molecule has 0 spiro atoms. The lowest BCUT2D eigenvalue weighted by Crippen LogP contribution is -2.27. The molecule has 1 aromatic heterocycles. The molecular formula is C45H30N4. The predicted molar refractivity (Wildman–Crippen MR) is 199 cm³/mol. The van der Waals surface area contributed by atoms with Crippen LogP contribution in [-0.2, 0) is 0 Å². The van der Waals surface area contributed by atoms with E-state index in [1.807, 2.05) is 30.3 Å². The fourth-order valence-electron chi connectivity index (χ4n) is 7.89. The van der Waals surface area contributed by atoms with Crippen molar-refractivity contribution in [2.24, 2.45) is 0 Å². The molecule has 230 valence electrons. The monoisotopic (exact) mass is 626 g/mol. The average Bonchev–Trinajstić information content (AvgIpc) is 3.54. The smallest absolute Gasteiger partial charge is 0.0998 e. The number of nitrogens with zero attached hydrogens (tertiary/aromatic N) is 4. The molecule has 7 aromatic rings. The van der Waals surface area contributed by atoms with Crippen molar-refractivity contribution < 1.29 is 0 Å². The highest BCUT2D eigenvalue weighted by molar-refractivity contribution is 6.10. The SMILES string of the molecule is N#Cc1cc(-c2cccc(-c3c(C#N)cccc3-n3c4ccccc4c4ccccc43)c2)cc(N2c3ccccc3C3C=CCC=CC32)c1. The number of hydrogen-bond acceptors (Lipinski definition) is 3. The molecule has 2 unspecified atom stereocenters. The first-order chi connectivity index (χ1) is 24.2. The third-order valence-electron chi connectivity index (χ3n) is 9.96. The molecule has 0 radical (unpaired) electrons. The molecule has 0 amide bonds. The van der Waals surface area contributed by atoms with Gasteiger partial charge in [0, 0.05) is 33.6 Å². The highest BCUT2D eigenvalue weighted by atomic mass is 15.2. The summed E-state index contributed by atoms with van der Waals surface area (Å²) in [7, 11) is 0. The number of nitriles is 2. The Morgan fingerprint density at radius 3 is 2.06 bits per heavy atom. The molecule has 1 aliphatic carbocycles. The maximum absolute atomic E-state index is 10.4. The maximum atomic E-state index is 10.4. The van der Waals surface area contributed by atoms with Crippen molar-refractivity contribution in [2.45, 2.75) is 18.4 Å². The van der Waals surface area contributed by atoms with E-state index in [0.29, 0.717) is 11.1 Å². The number of anilines is 2. The molecule has 0 N–H and O–H groups in total. The van der Waals surface area contributed by atoms with Crippen LogP contribution in [0.2, 0.25) is 0 Å². The quantitative estimate of drug-likeness (QED) is 0.183. The van der Waals surface area contributed by atoms with Crippen molar-refractivity contribution >= 4 is 33.2 Å². The lowest BCUT2D eigenvalue weighted by Gasteiger charge is -2.28. The van der Waals surface area contributed by atoms with E-state index in [-0.39, 0.29) is 12.0 Å². The van der Waals surface area contributed by atoms with E-state index in [2.05, 4.69) is 149 Å². The molecule has 0 saturated heterocycles. The van der Waals surface area contributed by atoms with E-state index < -0.39 is 0 Å². The van der Waals surface area contributed by atoms with Gasteiger partial charge in [-0.15, -0.1) is 0 Å². The van der Waals surface area contributed by atoms with Gasteiger partial charge in [0.2, 0.25) is 0 Å². The summed E-state index contributed by atoms with van der Waals surface area (Å²) in [5.41, 5.74) is 11.6. The molecule has 0 fully saturated rings. The van der Waals surface area contributed by atoms with Gasteiger partial charge in [-0.25, -0.2) is 0 Å². The highest BCUT2D eigenvalue weighted by Crippen LogP contribution is 2.48. The summed E-state index contributed by atoms with van der Waals surface area (Å²) in [6, 6.07) is 51.0. The average molecular weight is 627 g/mol. The van der Waals surface area contributed by atoms with Gasteiger partial charge in [-0.05, 0) is 83.3 Å². The number of para-hydroxylation sites is 3. The van der Waals surface area contributed by atoms with Crippen LogP contribution in [0.1, 0.15) is 29.0 Å². The Morgan fingerprint density at radius 2 is 1.27 bits per heavy atom. The van der Waals surface area contributed by atoms with Crippen LogP contribution in [0.4, 0.5) is 11.4 Å². The van der Waals surface area contributed by atoms with Gasteiger partial charge in [0.05, 0.1) is 46.0 Å². The molecule has 0 bridgehead atoms. The molecule has 4 nitrogen and oxygen atoms in total. The zero-order valence-corrected chi connectivity index (χ0v) is 26.7. The van der Waals surface area contributed by atoms with E-state index in [4.69, 9.17) is 0 Å². The van der Waals surface area contributed by atoms with Crippen molar-refractivity contribution in [3.05, 3.63) is 174 Å². The summed E-state index contributed by atoms with van der Waals surface area (Å²) in [6.45, 7) is 0. The highest BCUT2D eigenvalue weighted by Gasteiger charge is 2.37. The molecule has 6 aromatic carbocycles. The Hall–Kier alpha value is -6.62. The standard InChI is InChI=1S/C45H30N4/c46-28-30-24-34(27-35(25-30)48-40-19-3-1-2-15-36(40)37-16-4-7-20-41(37)48)31-12-10-13-32(26-31)45-33(29-47)14-11-23-44(45)49-42-21-8-5-17-38(42)39-18-6-9-22-43(39)49/h2-27,36,40H,1H2. The van der Waals surface area contributed by atoms with Gasteiger partial charge < -0.3 is 9.47 Å². The Kier molecular flexibility index (Phi) is 6.75. The van der Waals surface area contributed by atoms with Crippen LogP contribution in [-0.4, -0.2) is 10.6 Å². The summed E-state index contributed by atoms with van der Waals surface area (Å²) < 4.78 is 2.28. The lowest BCUT2D eigenvalue weighted by molar-refractivity contribution is 0.755. The molecule has 2 heterocycles. The van der Waals surface area contributed by atoms with Gasteiger partial charge in [-0.3, -0.25) is 0 Å². The molecule has 2 aliphatic rings. The van der Waals surface area contributed by atoms with E-state index in [0.717, 1.165) is 51.1 Å². The van der Waals surface area contributed by atoms with Gasteiger partial charge in [0.15, 0.2) is 0 Å². The maximum Gasteiger partial charge on any atom is 0.0998 e. The summed E-state index contributed by atoms with van der Waals surface area (Å²) in [5, 5.41) is 23.0. The van der Waals surface area contributed by atoms with Crippen molar-refractivity contribution in [1.29, 1.82) is 10.5 Å². The Labute approximate surface area is 285 Å². The second-order valence-corrected chi connectivity index (χ2v) is 12.7. The van der Waals surface area contributed by atoms with Gasteiger partial charge in [0.1, 0.15) is 0 Å². The molecule has 9 rings (SSSR count). The first-order valence-electron chi connectivity index (χ1n) is 16.6. The van der Waals surface area contributed by atoms with Crippen LogP contribution >= 0.6 is 0 Å². The number of aromatic nitrogens is 1. The van der Waals surface area contributed by atoms with E-state index >= 15 is 0 Å². The third-order valence-corrected chi connectivity index (χ3v) is 9.96. The number of allylic oxidation sites excluding steroid dienone is 2. The van der Waals surface area contributed by atoms with E-state index in [1.165, 1.54) is 22.0 Å². The van der Waals surface area contributed by atoms with Crippen molar-refractivity contribution in [3.8, 4) is 40.1 Å². The Bertz CT molecular complexity index is 2540. The van der Waals surface area contributed by atoms with Gasteiger partial charge >= 0.3 is 0 Å². The molecular weight excluding hydrogens is 597 g/mol. The number of hydrogen-bond donors (Lipinski definition) is 0. The second kappa shape index (κ2) is 11.6. The molecule has 4 heteroatoms. The first-order valence-corrected chi connectivity index (χ1v) is 16.6. The minimum Gasteiger partial charge on any atom is -0.333 e. The molecule has 0 saturated carbocycles. The van der Waals surface area contributed by atoms with Crippen molar-refractivity contribution in [2.75, 3.05) is 4.90 Å². The Morgan fingerprint density at radius 1 is 0.571 bits per heavy atom. The number of fused-ring (bicyclic) bond motifs is 6. The van der Waals surface area contributed by atoms with Gasteiger partial charge in [-0.1, -0.05) is 103 Å². The Balaban J connectivity index is 1.22. The molecule has 1 aliphatic heterocycles. The number of benzene rings is 6. The lowest BCUT2D eigenvalue weighted by atomic mass is 9.93. The largest absolute Gasteiger partial charge is 0.333 e. The zero-order valence-electron chi connectivity index (χ0n) is 26.7. The van der Waals surface area contributed by atoms with Crippen LogP contribution in [0, 0.1) is 22.7 Å². The third kappa shape index (κ3) is 4.58. The fourth-order valence-corrected chi connectivity index (χ4v) is 7.89. The van der Waals surface area contributed by atoms with E-state index in [1.54, 1.807) is 0 Å². The van der Waals surface area contributed by atoms with Crippen LogP contribution in [0.15, 0.2) is 158 Å². The topological polar surface area (TPSA) is 55.8 Å². The summed E-state index contributed by atoms with van der Waals surface area (Å²) >= 11 is 0. The summed E-state index contributed by atoms with van der Waals surface area (Å²) in [6.07, 6.45) is 10.0. The molecule has 49 heavy (non-hydrogen) atoms. The second-order valence-electron chi connectivity index (χ2n) is 12.7. The minimum absolute atomic E-state index is 0.126. The first kappa shape index (κ1) is 28.6. The molecule has 2 atom stereocenters. The van der Waals surface area contributed by atoms with Crippen LogP contribution in [0.25, 0.3) is 49.7 Å². The normalized spacial score (nSPS) is 16.2. The van der Waals surface area contributed by atoms with E-state index in [9.17, 15) is 10.5 Å². The van der Waals surface area contributed by atoms with Crippen LogP contribution in [0.5, 0.6) is 0 Å². The van der Waals surface area contributed by atoms with Crippen LogP contribution < -0.4 is 4.90 Å². The zero-order chi connectivity index (χ0) is 32.9. The summed E-state index contributed by atoms with van der Waals surface area (Å²) in [5.74, 6) is 0.245. The van der Waals surface area contributed by atoms with Crippen molar-refractivity contribution in [1.82, 2.24) is 4.57 Å². The number of rotatable bonds is 4. The van der Waals surface area contributed by atoms with Gasteiger partial charge in [0.25, 0.3) is 0 Å². The minimum atomic E-state index is 0.126. The van der Waals surface area contributed by atoms with Crippen molar-refractivity contribution in [3.63, 3.8) is 0 Å². The van der Waals surface area contributed by atoms with Crippen LogP contribution in [0.3, 0.4) is 0 Å². The van der Waals surface area contributed by atoms with Gasteiger partial charge in [-0.2, -0.15) is 10.5 Å². The fraction of sp³-hybridized carbons (Fsp3) is 0.0667. The predicted octanol–water partition coefficient (Wildman–Crippen LogP) is 11.0.